The van der Waals surface area contributed by atoms with Crippen LogP contribution in [0, 0.1) is 0 Å². The number of nitrogens with zero attached hydrogens (tertiary/aromatic N) is 3. The number of hydrogen-bond donors (Lipinski definition) is 3. The monoisotopic (exact) mass is 805 g/mol. The van der Waals surface area contributed by atoms with E-state index in [1.165, 1.54) is 161 Å². The minimum atomic E-state index is -0.356. The second kappa shape index (κ2) is 41.5. The van der Waals surface area contributed by atoms with Crippen LogP contribution in [0.15, 0.2) is 0 Å². The van der Waals surface area contributed by atoms with Crippen molar-refractivity contribution in [1.82, 2.24) is 15.0 Å². The molecular weight excluding hydrogens is 717 g/mol. The zero-order valence-electron chi connectivity index (χ0n) is 37.3. The standard InChI is InChI=1S/C46H88N6O5/c1-4-7-10-13-16-19-22-25-28-31-36-55-37-34-35-47-44-50-45(48-40-42(53)56-38-32-29-26-23-20-17-14-11-8-5-2)52-46(51-44)49-41-43(54)57-39-33-30-27-24-21-18-15-12-9-6-3/h4-41H2,1-3H3,(H3,47,48,49,50,51,52). The molecule has 3 N–H and O–H groups in total. The lowest BCUT2D eigenvalue weighted by Crippen LogP contribution is -2.22. The average molecular weight is 805 g/mol. The highest BCUT2D eigenvalue weighted by Gasteiger charge is 2.11. The summed E-state index contributed by atoms with van der Waals surface area (Å²) >= 11 is 0. The number of rotatable bonds is 44. The molecule has 0 aliphatic heterocycles. The summed E-state index contributed by atoms with van der Waals surface area (Å²) in [5.41, 5.74) is 0. The van der Waals surface area contributed by atoms with Gasteiger partial charge in [0.15, 0.2) is 0 Å². The van der Waals surface area contributed by atoms with Crippen molar-refractivity contribution in [3.05, 3.63) is 0 Å². The van der Waals surface area contributed by atoms with Gasteiger partial charge in [0, 0.05) is 19.8 Å². The molecule has 332 valence electrons. The highest BCUT2D eigenvalue weighted by Crippen LogP contribution is 2.14. The number of carbonyl (C=O) groups is 2. The van der Waals surface area contributed by atoms with Gasteiger partial charge in [-0.3, -0.25) is 9.59 Å². The molecule has 0 unspecified atom stereocenters. The van der Waals surface area contributed by atoms with E-state index in [0.29, 0.717) is 32.3 Å². The molecule has 0 amide bonds. The maximum absolute atomic E-state index is 12.5. The Morgan fingerprint density at radius 3 is 1.00 bits per heavy atom. The van der Waals surface area contributed by atoms with Gasteiger partial charge >= 0.3 is 11.9 Å². The van der Waals surface area contributed by atoms with E-state index in [1.807, 2.05) is 0 Å². The van der Waals surface area contributed by atoms with Gasteiger partial charge in [-0.05, 0) is 25.7 Å². The number of carbonyl (C=O) groups excluding carboxylic acids is 2. The van der Waals surface area contributed by atoms with E-state index in [9.17, 15) is 9.59 Å². The third kappa shape index (κ3) is 36.1. The number of nitrogens with one attached hydrogen (secondary N) is 3. The van der Waals surface area contributed by atoms with Gasteiger partial charge in [-0.15, -0.1) is 0 Å². The van der Waals surface area contributed by atoms with Crippen LogP contribution < -0.4 is 16.0 Å². The number of anilines is 3. The maximum atomic E-state index is 12.5. The van der Waals surface area contributed by atoms with Gasteiger partial charge in [-0.1, -0.05) is 194 Å². The van der Waals surface area contributed by atoms with Crippen LogP contribution in [0.4, 0.5) is 17.8 Å². The van der Waals surface area contributed by atoms with Gasteiger partial charge in [0.1, 0.15) is 13.1 Å². The topological polar surface area (TPSA) is 137 Å². The van der Waals surface area contributed by atoms with Gasteiger partial charge in [-0.2, -0.15) is 15.0 Å². The third-order valence-corrected chi connectivity index (χ3v) is 10.3. The van der Waals surface area contributed by atoms with Gasteiger partial charge in [0.2, 0.25) is 17.8 Å². The predicted molar refractivity (Wildman–Crippen MR) is 238 cm³/mol. The molecule has 0 saturated carbocycles. The Kier molecular flexibility index (Phi) is 38.1. The number of unbranched alkanes of at least 4 members (excludes halogenated alkanes) is 27. The normalized spacial score (nSPS) is 11.1. The smallest absolute Gasteiger partial charge is 0.325 e. The van der Waals surface area contributed by atoms with Crippen LogP contribution in [0.1, 0.15) is 220 Å². The molecule has 1 aromatic heterocycles. The third-order valence-electron chi connectivity index (χ3n) is 10.3. The fraction of sp³-hybridized carbons (Fsp3) is 0.891. The number of esters is 2. The molecule has 0 atom stereocenters. The van der Waals surface area contributed by atoms with Crippen LogP contribution in [0.2, 0.25) is 0 Å². The molecular formula is C46H88N6O5. The predicted octanol–water partition coefficient (Wildman–Crippen LogP) is 12.4. The van der Waals surface area contributed by atoms with Crippen LogP contribution >= 0.6 is 0 Å². The van der Waals surface area contributed by atoms with Crippen molar-refractivity contribution in [1.29, 1.82) is 0 Å². The Balaban J connectivity index is 2.41. The number of aromatic nitrogens is 3. The molecule has 1 aromatic rings. The molecule has 0 bridgehead atoms. The van der Waals surface area contributed by atoms with E-state index in [-0.39, 0.29) is 36.9 Å². The first-order valence-electron chi connectivity index (χ1n) is 24.0. The lowest BCUT2D eigenvalue weighted by Gasteiger charge is -2.12. The maximum Gasteiger partial charge on any atom is 0.325 e. The molecule has 0 saturated heterocycles. The van der Waals surface area contributed by atoms with E-state index in [2.05, 4.69) is 51.7 Å². The summed E-state index contributed by atoms with van der Waals surface area (Å²) in [6.07, 6.45) is 38.5. The molecule has 57 heavy (non-hydrogen) atoms. The van der Waals surface area contributed by atoms with E-state index in [0.717, 1.165) is 45.1 Å². The van der Waals surface area contributed by atoms with Crippen molar-refractivity contribution in [2.75, 3.05) is 62.0 Å². The molecule has 0 radical (unpaired) electrons. The Hall–Kier alpha value is -2.69. The average Bonchev–Trinajstić information content (AvgIpc) is 3.21. The fourth-order valence-electron chi connectivity index (χ4n) is 6.74. The summed E-state index contributed by atoms with van der Waals surface area (Å²) in [7, 11) is 0. The van der Waals surface area contributed by atoms with Crippen LogP contribution in [-0.4, -0.2) is 73.0 Å². The van der Waals surface area contributed by atoms with Crippen molar-refractivity contribution < 1.29 is 23.8 Å². The molecule has 0 spiro atoms. The molecule has 1 heterocycles. The molecule has 11 nitrogen and oxygen atoms in total. The highest BCUT2D eigenvalue weighted by molar-refractivity contribution is 5.75. The van der Waals surface area contributed by atoms with Crippen molar-refractivity contribution in [3.63, 3.8) is 0 Å². The van der Waals surface area contributed by atoms with Crippen molar-refractivity contribution in [2.24, 2.45) is 0 Å². The summed E-state index contributed by atoms with van der Waals surface area (Å²) in [4.78, 5) is 38.3. The molecule has 0 aromatic carbocycles. The van der Waals surface area contributed by atoms with Crippen LogP contribution in [0.5, 0.6) is 0 Å². The first-order valence-corrected chi connectivity index (χ1v) is 24.0. The minimum absolute atomic E-state index is 0.0612. The Labute approximate surface area is 349 Å². The zero-order valence-corrected chi connectivity index (χ0v) is 37.3. The largest absolute Gasteiger partial charge is 0.464 e. The van der Waals surface area contributed by atoms with Crippen LogP contribution in [-0.2, 0) is 23.8 Å². The Morgan fingerprint density at radius 1 is 0.368 bits per heavy atom. The summed E-state index contributed by atoms with van der Waals surface area (Å²) in [5, 5.41) is 9.19. The summed E-state index contributed by atoms with van der Waals surface area (Å²) in [6.45, 7) is 9.52. The van der Waals surface area contributed by atoms with E-state index >= 15 is 0 Å². The van der Waals surface area contributed by atoms with Crippen molar-refractivity contribution in [2.45, 2.75) is 220 Å². The van der Waals surface area contributed by atoms with Gasteiger partial charge in [0.25, 0.3) is 0 Å². The van der Waals surface area contributed by atoms with E-state index in [1.54, 1.807) is 0 Å². The van der Waals surface area contributed by atoms with Crippen LogP contribution in [0.3, 0.4) is 0 Å². The molecule has 0 fully saturated rings. The van der Waals surface area contributed by atoms with Gasteiger partial charge in [-0.25, -0.2) is 0 Å². The minimum Gasteiger partial charge on any atom is -0.464 e. The Morgan fingerprint density at radius 2 is 0.649 bits per heavy atom. The van der Waals surface area contributed by atoms with E-state index < -0.39 is 0 Å². The second-order valence-corrected chi connectivity index (χ2v) is 15.9. The first kappa shape index (κ1) is 52.3. The lowest BCUT2D eigenvalue weighted by molar-refractivity contribution is -0.142. The summed E-state index contributed by atoms with van der Waals surface area (Å²) < 4.78 is 16.8. The quantitative estimate of drug-likeness (QED) is 0.0429. The zero-order chi connectivity index (χ0) is 41.1. The van der Waals surface area contributed by atoms with Crippen LogP contribution in [0.25, 0.3) is 0 Å². The number of ether oxygens (including phenoxy) is 3. The number of hydrogen-bond acceptors (Lipinski definition) is 11. The second-order valence-electron chi connectivity index (χ2n) is 15.9. The molecule has 0 aliphatic rings. The Bertz CT molecular complexity index is 988. The van der Waals surface area contributed by atoms with E-state index in [4.69, 9.17) is 14.2 Å². The summed E-state index contributed by atoms with van der Waals surface area (Å²) in [6, 6.07) is 0. The summed E-state index contributed by atoms with van der Waals surface area (Å²) in [5.74, 6) is 0.0849. The highest BCUT2D eigenvalue weighted by atomic mass is 16.5. The molecule has 11 heteroatoms. The molecule has 1 rings (SSSR count). The fourth-order valence-corrected chi connectivity index (χ4v) is 6.74. The SMILES string of the molecule is CCCCCCCCCCCCOCCCNc1nc(NCC(=O)OCCCCCCCCCCCC)nc(NCC(=O)OCCCCCCCCCCCC)n1. The lowest BCUT2D eigenvalue weighted by atomic mass is 10.1. The van der Waals surface area contributed by atoms with Gasteiger partial charge in [0.05, 0.1) is 13.2 Å². The van der Waals surface area contributed by atoms with Crippen molar-refractivity contribution in [3.8, 4) is 0 Å². The molecule has 0 aliphatic carbocycles. The van der Waals surface area contributed by atoms with Gasteiger partial charge < -0.3 is 30.2 Å². The first-order chi connectivity index (χ1) is 28.1. The van der Waals surface area contributed by atoms with Crippen molar-refractivity contribution >= 4 is 29.8 Å².